The number of hydrogen-bond acceptors (Lipinski definition) is 4. The Kier molecular flexibility index (Phi) is 2.75. The van der Waals surface area contributed by atoms with Crippen LogP contribution in [0.15, 0.2) is 36.7 Å². The van der Waals surface area contributed by atoms with Crippen molar-refractivity contribution < 1.29 is 14.3 Å². The fourth-order valence-electron chi connectivity index (χ4n) is 1.75. The Morgan fingerprint density at radius 1 is 1.40 bits per heavy atom. The van der Waals surface area contributed by atoms with Gasteiger partial charge in [0.15, 0.2) is 11.5 Å². The molecule has 0 fully saturated rings. The maximum atomic E-state index is 13.6. The predicted octanol–water partition coefficient (Wildman–Crippen LogP) is 2.02. The molecule has 0 spiro atoms. The summed E-state index contributed by atoms with van der Waals surface area (Å²) in [4.78, 5) is 18.3. The highest BCUT2D eigenvalue weighted by Gasteiger charge is 2.12. The summed E-state index contributed by atoms with van der Waals surface area (Å²) in [7, 11) is 0. The summed E-state index contributed by atoms with van der Waals surface area (Å²) >= 11 is 0. The van der Waals surface area contributed by atoms with Gasteiger partial charge in [-0.1, -0.05) is 0 Å². The lowest BCUT2D eigenvalue weighted by atomic mass is 10.3. The number of fused-ring (bicyclic) bond motifs is 1. The van der Waals surface area contributed by atoms with E-state index in [2.05, 4.69) is 20.4 Å². The number of carbonyl (C=O) groups is 1. The number of carboxylic acid groups (broad SMARTS) is 1. The molecule has 0 aromatic carbocycles. The van der Waals surface area contributed by atoms with Crippen LogP contribution in [0.5, 0.6) is 0 Å². The lowest BCUT2D eigenvalue weighted by Gasteiger charge is -1.99. The lowest BCUT2D eigenvalue weighted by Crippen LogP contribution is -2.07. The van der Waals surface area contributed by atoms with Crippen molar-refractivity contribution in [3.05, 3.63) is 42.6 Å². The zero-order valence-corrected chi connectivity index (χ0v) is 9.99. The number of aromatic nitrogens is 4. The molecule has 20 heavy (non-hydrogen) atoms. The van der Waals surface area contributed by atoms with E-state index in [1.54, 1.807) is 6.07 Å². The van der Waals surface area contributed by atoms with Gasteiger partial charge in [0.1, 0.15) is 0 Å². The van der Waals surface area contributed by atoms with E-state index < -0.39 is 12.0 Å². The van der Waals surface area contributed by atoms with Crippen LogP contribution in [-0.2, 0) is 0 Å². The number of nitrogens with one attached hydrogen (secondary N) is 1. The third-order valence-corrected chi connectivity index (χ3v) is 2.59. The second-order valence-electron chi connectivity index (χ2n) is 3.93. The van der Waals surface area contributed by atoms with Gasteiger partial charge < -0.3 is 5.11 Å². The van der Waals surface area contributed by atoms with E-state index in [-0.39, 0.29) is 11.4 Å². The van der Waals surface area contributed by atoms with Crippen molar-refractivity contribution >= 4 is 17.4 Å². The average molecular weight is 273 g/mol. The minimum absolute atomic E-state index is 0.183. The summed E-state index contributed by atoms with van der Waals surface area (Å²) in [5.74, 6) is -0.477. The van der Waals surface area contributed by atoms with E-state index in [1.165, 1.54) is 35.1 Å². The first-order chi connectivity index (χ1) is 9.63. The van der Waals surface area contributed by atoms with E-state index in [0.717, 1.165) is 0 Å². The van der Waals surface area contributed by atoms with Crippen LogP contribution in [0.3, 0.4) is 0 Å². The SMILES string of the molecule is O=C(O)Nc1ccn2nc(-c3cccnc3F)nc2c1. The third kappa shape index (κ3) is 2.14. The molecule has 0 aliphatic carbocycles. The number of hydrogen-bond donors (Lipinski definition) is 2. The number of anilines is 1. The van der Waals surface area contributed by atoms with Gasteiger partial charge in [0.25, 0.3) is 0 Å². The van der Waals surface area contributed by atoms with Crippen LogP contribution in [0.2, 0.25) is 0 Å². The Bertz CT molecular complexity index is 801. The van der Waals surface area contributed by atoms with Gasteiger partial charge >= 0.3 is 6.09 Å². The molecule has 0 saturated heterocycles. The van der Waals surface area contributed by atoms with Crippen LogP contribution >= 0.6 is 0 Å². The van der Waals surface area contributed by atoms with Crippen molar-refractivity contribution in [3.8, 4) is 11.4 Å². The first-order valence-corrected chi connectivity index (χ1v) is 5.61. The van der Waals surface area contributed by atoms with E-state index in [1.807, 2.05) is 0 Å². The van der Waals surface area contributed by atoms with Gasteiger partial charge in [0.05, 0.1) is 5.56 Å². The third-order valence-electron chi connectivity index (χ3n) is 2.59. The zero-order valence-electron chi connectivity index (χ0n) is 9.99. The van der Waals surface area contributed by atoms with Crippen molar-refractivity contribution in [2.45, 2.75) is 0 Å². The van der Waals surface area contributed by atoms with Gasteiger partial charge in [-0.2, -0.15) is 4.39 Å². The number of halogens is 1. The Labute approximate surface area is 111 Å². The zero-order chi connectivity index (χ0) is 14.1. The number of pyridine rings is 2. The van der Waals surface area contributed by atoms with Crippen molar-refractivity contribution in [1.29, 1.82) is 0 Å². The Morgan fingerprint density at radius 2 is 2.25 bits per heavy atom. The van der Waals surface area contributed by atoms with Crippen molar-refractivity contribution in [3.63, 3.8) is 0 Å². The number of amides is 1. The fourth-order valence-corrected chi connectivity index (χ4v) is 1.75. The quantitative estimate of drug-likeness (QED) is 0.697. The van der Waals surface area contributed by atoms with Gasteiger partial charge in [-0.25, -0.2) is 19.3 Å². The molecule has 100 valence electrons. The molecule has 8 heteroatoms. The van der Waals surface area contributed by atoms with E-state index in [0.29, 0.717) is 11.3 Å². The standard InChI is InChI=1S/C12H8FN5O2/c13-10-8(2-1-4-14-10)11-16-9-6-7(15-12(19)20)3-5-18(9)17-11/h1-6,15H,(H,19,20). The molecule has 7 nitrogen and oxygen atoms in total. The summed E-state index contributed by atoms with van der Waals surface area (Å²) < 4.78 is 15.0. The van der Waals surface area contributed by atoms with Crippen LogP contribution in [0.25, 0.3) is 17.0 Å². The minimum atomic E-state index is -1.17. The topological polar surface area (TPSA) is 92.4 Å². The van der Waals surface area contributed by atoms with Crippen LogP contribution in [0, 0.1) is 5.95 Å². The molecule has 0 aliphatic rings. The summed E-state index contributed by atoms with van der Waals surface area (Å²) in [6.07, 6.45) is 1.70. The minimum Gasteiger partial charge on any atom is -0.465 e. The summed E-state index contributed by atoms with van der Waals surface area (Å²) in [6, 6.07) is 6.13. The molecule has 0 bridgehead atoms. The van der Waals surface area contributed by atoms with Crippen LogP contribution in [-0.4, -0.2) is 30.8 Å². The van der Waals surface area contributed by atoms with Gasteiger partial charge in [-0.15, -0.1) is 5.10 Å². The molecule has 0 radical (unpaired) electrons. The highest BCUT2D eigenvalue weighted by Crippen LogP contribution is 2.19. The highest BCUT2D eigenvalue weighted by molar-refractivity contribution is 5.83. The molecule has 3 heterocycles. The van der Waals surface area contributed by atoms with Gasteiger partial charge in [0, 0.05) is 24.1 Å². The highest BCUT2D eigenvalue weighted by atomic mass is 19.1. The lowest BCUT2D eigenvalue weighted by molar-refractivity contribution is 0.210. The second-order valence-corrected chi connectivity index (χ2v) is 3.93. The number of nitrogens with zero attached hydrogens (tertiary/aromatic N) is 4. The van der Waals surface area contributed by atoms with Gasteiger partial charge in [-0.05, 0) is 18.2 Å². The molecule has 3 rings (SSSR count). The monoisotopic (exact) mass is 273 g/mol. The maximum Gasteiger partial charge on any atom is 0.409 e. The molecular weight excluding hydrogens is 265 g/mol. The van der Waals surface area contributed by atoms with E-state index in [9.17, 15) is 9.18 Å². The molecule has 3 aromatic rings. The molecule has 1 amide bonds. The fraction of sp³-hybridized carbons (Fsp3) is 0. The van der Waals surface area contributed by atoms with Crippen molar-refractivity contribution in [1.82, 2.24) is 19.6 Å². The Balaban J connectivity index is 2.07. The molecule has 2 N–H and O–H groups in total. The smallest absolute Gasteiger partial charge is 0.409 e. The summed E-state index contributed by atoms with van der Waals surface area (Å²) in [6.45, 7) is 0. The predicted molar refractivity (Wildman–Crippen MR) is 67.8 cm³/mol. The summed E-state index contributed by atoms with van der Waals surface area (Å²) in [5.41, 5.74) is 0.939. The summed E-state index contributed by atoms with van der Waals surface area (Å²) in [5, 5.41) is 15.0. The van der Waals surface area contributed by atoms with Crippen molar-refractivity contribution in [2.75, 3.05) is 5.32 Å². The molecular formula is C12H8FN5O2. The molecule has 3 aromatic heterocycles. The van der Waals surface area contributed by atoms with Gasteiger partial charge in [-0.3, -0.25) is 5.32 Å². The second kappa shape index (κ2) is 4.57. The molecule has 0 atom stereocenters. The van der Waals surface area contributed by atoms with Crippen LogP contribution in [0.4, 0.5) is 14.9 Å². The first-order valence-electron chi connectivity index (χ1n) is 5.61. The van der Waals surface area contributed by atoms with Crippen LogP contribution < -0.4 is 5.32 Å². The normalized spacial score (nSPS) is 10.7. The average Bonchev–Trinajstić information content (AvgIpc) is 2.81. The first kappa shape index (κ1) is 12.0. The number of rotatable bonds is 2. The van der Waals surface area contributed by atoms with Crippen molar-refractivity contribution in [2.24, 2.45) is 0 Å². The Morgan fingerprint density at radius 3 is 3.00 bits per heavy atom. The van der Waals surface area contributed by atoms with E-state index >= 15 is 0 Å². The molecule has 0 saturated carbocycles. The Hall–Kier alpha value is -3.03. The molecule has 0 unspecified atom stereocenters. The largest absolute Gasteiger partial charge is 0.465 e. The van der Waals surface area contributed by atoms with Gasteiger partial charge in [0.2, 0.25) is 5.95 Å². The molecule has 0 aliphatic heterocycles. The van der Waals surface area contributed by atoms with E-state index in [4.69, 9.17) is 5.11 Å². The maximum absolute atomic E-state index is 13.6. The van der Waals surface area contributed by atoms with Crippen LogP contribution in [0.1, 0.15) is 0 Å².